The van der Waals surface area contributed by atoms with E-state index >= 15 is 0 Å². The Morgan fingerprint density at radius 3 is 2.86 bits per heavy atom. The lowest BCUT2D eigenvalue weighted by atomic mass is 10.0. The van der Waals surface area contributed by atoms with E-state index in [0.29, 0.717) is 11.5 Å². The molecule has 0 radical (unpaired) electrons. The Morgan fingerprint density at radius 1 is 1.36 bits per heavy atom. The minimum absolute atomic E-state index is 0.569. The summed E-state index contributed by atoms with van der Waals surface area (Å²) in [5.41, 5.74) is 3.69. The number of nitrogens with zero attached hydrogens (tertiary/aromatic N) is 6. The maximum Gasteiger partial charge on any atom is 0.169 e. The minimum atomic E-state index is 0.569. The van der Waals surface area contributed by atoms with E-state index in [1.807, 2.05) is 31.8 Å². The van der Waals surface area contributed by atoms with Crippen LogP contribution in [0.3, 0.4) is 0 Å². The van der Waals surface area contributed by atoms with Crippen LogP contribution in [0.4, 0.5) is 5.82 Å². The first kappa shape index (κ1) is 14.5. The predicted octanol–water partition coefficient (Wildman–Crippen LogP) is 1.77. The van der Waals surface area contributed by atoms with Crippen LogP contribution >= 0.6 is 0 Å². The monoisotopic (exact) mass is 296 g/mol. The molecular formula is C16H20N6. The van der Waals surface area contributed by atoms with E-state index in [1.54, 1.807) is 0 Å². The molecule has 2 aromatic heterocycles. The molecular weight excluding hydrogens is 276 g/mol. The number of aromatic nitrogens is 4. The Kier molecular flexibility index (Phi) is 3.80. The van der Waals surface area contributed by atoms with Crippen LogP contribution in [0.5, 0.6) is 0 Å². The third kappa shape index (κ3) is 2.67. The molecule has 114 valence electrons. The zero-order chi connectivity index (χ0) is 15.7. The largest absolute Gasteiger partial charge is 0.354 e. The highest BCUT2D eigenvalue weighted by Crippen LogP contribution is 2.28. The zero-order valence-electron chi connectivity index (χ0n) is 13.2. The van der Waals surface area contributed by atoms with Crippen LogP contribution in [0, 0.1) is 31.1 Å². The normalized spacial score (nSPS) is 17.7. The van der Waals surface area contributed by atoms with Crippen LogP contribution in [0.1, 0.15) is 28.8 Å². The number of nitriles is 1. The average molecular weight is 296 g/mol. The Bertz CT molecular complexity index is 727. The van der Waals surface area contributed by atoms with Crippen molar-refractivity contribution in [2.45, 2.75) is 26.7 Å². The van der Waals surface area contributed by atoms with Crippen molar-refractivity contribution in [2.24, 2.45) is 13.0 Å². The summed E-state index contributed by atoms with van der Waals surface area (Å²) in [6.07, 6.45) is 6.12. The van der Waals surface area contributed by atoms with Crippen LogP contribution in [-0.2, 0) is 13.5 Å². The topological polar surface area (TPSA) is 70.6 Å². The van der Waals surface area contributed by atoms with E-state index in [0.717, 1.165) is 43.0 Å². The molecule has 22 heavy (non-hydrogen) atoms. The molecule has 1 fully saturated rings. The number of anilines is 1. The van der Waals surface area contributed by atoms with Crippen LogP contribution in [0.2, 0.25) is 0 Å². The highest BCUT2D eigenvalue weighted by atomic mass is 15.3. The molecule has 2 aromatic rings. The molecule has 1 aliphatic rings. The van der Waals surface area contributed by atoms with Gasteiger partial charge in [0.25, 0.3) is 0 Å². The van der Waals surface area contributed by atoms with Crippen molar-refractivity contribution in [1.29, 1.82) is 5.26 Å². The van der Waals surface area contributed by atoms with E-state index in [2.05, 4.69) is 32.5 Å². The lowest BCUT2D eigenvalue weighted by Gasteiger charge is -2.19. The van der Waals surface area contributed by atoms with Crippen molar-refractivity contribution in [3.8, 4) is 6.07 Å². The maximum absolute atomic E-state index is 9.43. The molecule has 1 aliphatic heterocycles. The first-order valence-corrected chi connectivity index (χ1v) is 7.55. The van der Waals surface area contributed by atoms with E-state index in [1.165, 1.54) is 5.56 Å². The fourth-order valence-electron chi connectivity index (χ4n) is 3.05. The summed E-state index contributed by atoms with van der Waals surface area (Å²) in [4.78, 5) is 2.19. The van der Waals surface area contributed by atoms with Gasteiger partial charge in [0, 0.05) is 26.3 Å². The van der Waals surface area contributed by atoms with Gasteiger partial charge >= 0.3 is 0 Å². The van der Waals surface area contributed by atoms with Crippen molar-refractivity contribution >= 4 is 5.82 Å². The van der Waals surface area contributed by atoms with E-state index < -0.39 is 0 Å². The summed E-state index contributed by atoms with van der Waals surface area (Å²) >= 11 is 0. The Balaban J connectivity index is 1.76. The van der Waals surface area contributed by atoms with E-state index in [9.17, 15) is 5.26 Å². The molecule has 6 heteroatoms. The van der Waals surface area contributed by atoms with E-state index in [4.69, 9.17) is 0 Å². The van der Waals surface area contributed by atoms with Gasteiger partial charge < -0.3 is 4.90 Å². The van der Waals surface area contributed by atoms with Crippen LogP contribution in [0.25, 0.3) is 0 Å². The molecule has 0 N–H and O–H groups in total. The molecule has 0 spiro atoms. The third-order valence-electron chi connectivity index (χ3n) is 4.42. The van der Waals surface area contributed by atoms with Gasteiger partial charge in [-0.1, -0.05) is 0 Å². The third-order valence-corrected chi connectivity index (χ3v) is 4.42. The van der Waals surface area contributed by atoms with Gasteiger partial charge in [-0.15, -0.1) is 5.10 Å². The molecule has 1 atom stereocenters. The van der Waals surface area contributed by atoms with Crippen LogP contribution in [0.15, 0.2) is 12.4 Å². The van der Waals surface area contributed by atoms with Crippen molar-refractivity contribution in [3.05, 3.63) is 34.8 Å². The number of rotatable bonds is 3. The molecule has 0 bridgehead atoms. The second-order valence-electron chi connectivity index (χ2n) is 6.05. The van der Waals surface area contributed by atoms with Gasteiger partial charge in [0.15, 0.2) is 5.82 Å². The van der Waals surface area contributed by atoms with Gasteiger partial charge in [0.2, 0.25) is 0 Å². The quantitative estimate of drug-likeness (QED) is 0.863. The van der Waals surface area contributed by atoms with Crippen LogP contribution < -0.4 is 4.90 Å². The average Bonchev–Trinajstić information content (AvgIpc) is 3.11. The molecule has 1 saturated heterocycles. The SMILES string of the molecule is Cc1nnc(N2CCC(Cc3cnn(C)c3)C2)c(C#N)c1C. The lowest BCUT2D eigenvalue weighted by molar-refractivity contribution is 0.585. The molecule has 0 aliphatic carbocycles. The lowest BCUT2D eigenvalue weighted by Crippen LogP contribution is -2.23. The van der Waals surface area contributed by atoms with Crippen molar-refractivity contribution < 1.29 is 0 Å². The highest BCUT2D eigenvalue weighted by Gasteiger charge is 2.27. The molecule has 6 nitrogen and oxygen atoms in total. The predicted molar refractivity (Wildman–Crippen MR) is 83.5 cm³/mol. The minimum Gasteiger partial charge on any atom is -0.354 e. The van der Waals surface area contributed by atoms with Crippen LogP contribution in [-0.4, -0.2) is 33.1 Å². The number of hydrogen-bond acceptors (Lipinski definition) is 5. The maximum atomic E-state index is 9.43. The van der Waals surface area contributed by atoms with Gasteiger partial charge in [-0.3, -0.25) is 4.68 Å². The second kappa shape index (κ2) is 5.76. The van der Waals surface area contributed by atoms with E-state index in [-0.39, 0.29) is 0 Å². The van der Waals surface area contributed by atoms with Crippen molar-refractivity contribution in [3.63, 3.8) is 0 Å². The number of hydrogen-bond donors (Lipinski definition) is 0. The van der Waals surface area contributed by atoms with Crippen molar-refractivity contribution in [2.75, 3.05) is 18.0 Å². The first-order valence-electron chi connectivity index (χ1n) is 7.55. The molecule has 0 amide bonds. The highest BCUT2D eigenvalue weighted by molar-refractivity contribution is 5.58. The summed E-state index contributed by atoms with van der Waals surface area (Å²) in [7, 11) is 1.94. The molecule has 0 aromatic carbocycles. The Morgan fingerprint density at radius 2 is 2.18 bits per heavy atom. The van der Waals surface area contributed by atoms with Gasteiger partial charge in [-0.2, -0.15) is 15.5 Å². The molecule has 3 heterocycles. The summed E-state index contributed by atoms with van der Waals surface area (Å²) < 4.78 is 1.84. The zero-order valence-corrected chi connectivity index (χ0v) is 13.2. The van der Waals surface area contributed by atoms with Gasteiger partial charge in [-0.25, -0.2) is 0 Å². The molecule has 0 saturated carbocycles. The van der Waals surface area contributed by atoms with Crippen molar-refractivity contribution in [1.82, 2.24) is 20.0 Å². The van der Waals surface area contributed by atoms with Gasteiger partial charge in [-0.05, 0) is 43.7 Å². The number of aryl methyl sites for hydroxylation is 2. The second-order valence-corrected chi connectivity index (χ2v) is 6.05. The summed E-state index contributed by atoms with van der Waals surface area (Å²) in [5, 5.41) is 22.1. The van der Waals surface area contributed by atoms with Gasteiger partial charge in [0.1, 0.15) is 11.6 Å². The fourth-order valence-corrected chi connectivity index (χ4v) is 3.05. The molecule has 1 unspecified atom stereocenters. The van der Waals surface area contributed by atoms with Gasteiger partial charge in [0.05, 0.1) is 11.9 Å². The smallest absolute Gasteiger partial charge is 0.169 e. The summed E-state index contributed by atoms with van der Waals surface area (Å²) in [6.45, 7) is 5.68. The fraction of sp³-hybridized carbons (Fsp3) is 0.500. The Hall–Kier alpha value is -2.42. The summed E-state index contributed by atoms with van der Waals surface area (Å²) in [6, 6.07) is 2.29. The standard InChI is InChI=1S/C16H20N6/c1-11-12(2)19-20-16(15(11)7-17)22-5-4-13(10-22)6-14-8-18-21(3)9-14/h8-9,13H,4-6,10H2,1-3H3. The first-order chi connectivity index (χ1) is 10.6. The summed E-state index contributed by atoms with van der Waals surface area (Å²) in [5.74, 6) is 1.30. The molecule has 3 rings (SSSR count). The Labute approximate surface area is 130 Å².